The van der Waals surface area contributed by atoms with Gasteiger partial charge in [0.15, 0.2) is 11.6 Å². The Labute approximate surface area is 366 Å². The molecule has 0 saturated carbocycles. The molecule has 14 heteroatoms. The lowest BCUT2D eigenvalue weighted by atomic mass is 9.79. The van der Waals surface area contributed by atoms with Crippen LogP contribution in [0.4, 0.5) is 11.6 Å². The maximum atomic E-state index is 10.5. The molecule has 2 aromatic carbocycles. The van der Waals surface area contributed by atoms with Crippen LogP contribution >= 0.6 is 27.5 Å². The molecule has 4 N–H and O–H groups in total. The Kier molecular flexibility index (Phi) is 11.8. The first-order valence-electron chi connectivity index (χ1n) is 20.4. The van der Waals surface area contributed by atoms with E-state index in [-0.39, 0.29) is 33.7 Å². The second-order valence-electron chi connectivity index (χ2n) is 19.1. The summed E-state index contributed by atoms with van der Waals surface area (Å²) in [6.07, 6.45) is 7.45. The fourth-order valence-electron chi connectivity index (χ4n) is 9.46. The van der Waals surface area contributed by atoms with Crippen molar-refractivity contribution in [3.05, 3.63) is 82.6 Å². The van der Waals surface area contributed by atoms with Crippen molar-refractivity contribution in [2.45, 2.75) is 115 Å². The van der Waals surface area contributed by atoms with Gasteiger partial charge < -0.3 is 30.6 Å². The first-order valence-corrected chi connectivity index (χ1v) is 21.5. The zero-order valence-corrected chi connectivity index (χ0v) is 38.5. The maximum absolute atomic E-state index is 10.5. The van der Waals surface area contributed by atoms with Gasteiger partial charge in [-0.15, -0.1) is 20.4 Å². The number of pyridine rings is 2. The van der Waals surface area contributed by atoms with Crippen LogP contribution in [0, 0.1) is 0 Å². The van der Waals surface area contributed by atoms with Crippen LogP contribution in [0.2, 0.25) is 5.02 Å². The molecule has 0 radical (unpaired) electrons. The third kappa shape index (κ3) is 9.91. The van der Waals surface area contributed by atoms with E-state index < -0.39 is 0 Å². The smallest absolute Gasteiger partial charge is 0.151 e. The van der Waals surface area contributed by atoms with Crippen molar-refractivity contribution >= 4 is 61.0 Å². The molecule has 0 spiro atoms. The third-order valence-corrected chi connectivity index (χ3v) is 12.2. The number of halogens is 2. The van der Waals surface area contributed by atoms with E-state index in [1.807, 2.05) is 42.5 Å². The molecule has 60 heavy (non-hydrogen) atoms. The molecule has 0 bridgehead atoms. The summed E-state index contributed by atoms with van der Waals surface area (Å²) in [4.78, 5) is 13.2. The molecular weight excluding hydrogens is 840 g/mol. The number of nitrogens with one attached hydrogen (secondary N) is 2. The van der Waals surface area contributed by atoms with E-state index in [2.05, 4.69) is 136 Å². The van der Waals surface area contributed by atoms with E-state index >= 15 is 0 Å². The number of fused-ring (bicyclic) bond motifs is 2. The Morgan fingerprint density at radius 2 is 0.983 bits per heavy atom. The maximum Gasteiger partial charge on any atom is 0.151 e. The van der Waals surface area contributed by atoms with Crippen LogP contribution in [0.3, 0.4) is 0 Å². The van der Waals surface area contributed by atoms with Crippen molar-refractivity contribution < 1.29 is 10.2 Å². The van der Waals surface area contributed by atoms with Crippen LogP contribution in [-0.2, 0) is 0 Å². The number of phenolic OH excluding ortho intramolecular Hbond substituents is 2. The Hall–Kier alpha value is -4.69. The standard InChI is InChI=1S/C23H28BrN5O.C23H28ClN5O/c2*1-22(2)11-16(12-23(3,4)28-22)29(5)21-7-6-18(26-27-21)17-10-19-14(9-20(17)30)8-15(24)13-25-19/h2*6-10,13,16,28,30H,11-12H2,1-5H3. The van der Waals surface area contributed by atoms with Crippen LogP contribution in [0.5, 0.6) is 11.5 Å². The molecule has 2 fully saturated rings. The summed E-state index contributed by atoms with van der Waals surface area (Å²) in [5, 5.41) is 48.4. The van der Waals surface area contributed by atoms with Gasteiger partial charge in [0.05, 0.1) is 27.4 Å². The number of anilines is 2. The van der Waals surface area contributed by atoms with E-state index in [0.29, 0.717) is 39.6 Å². The minimum atomic E-state index is 0.0564. The Morgan fingerprint density at radius 1 is 0.583 bits per heavy atom. The Balaban J connectivity index is 0.000000181. The van der Waals surface area contributed by atoms with Gasteiger partial charge in [0.2, 0.25) is 0 Å². The zero-order chi connectivity index (χ0) is 43.4. The highest BCUT2D eigenvalue weighted by Crippen LogP contribution is 2.37. The minimum Gasteiger partial charge on any atom is -0.507 e. The highest BCUT2D eigenvalue weighted by atomic mass is 79.9. The molecule has 12 nitrogen and oxygen atoms in total. The monoisotopic (exact) mass is 894 g/mol. The van der Waals surface area contributed by atoms with Crippen molar-refractivity contribution in [2.24, 2.45) is 0 Å². The third-order valence-electron chi connectivity index (χ3n) is 11.5. The minimum absolute atomic E-state index is 0.0564. The van der Waals surface area contributed by atoms with Gasteiger partial charge in [-0.25, -0.2) is 0 Å². The normalized spacial score (nSPS) is 18.5. The second kappa shape index (κ2) is 16.3. The van der Waals surface area contributed by atoms with Crippen LogP contribution in [0.1, 0.15) is 81.1 Å². The molecule has 2 aliphatic rings. The van der Waals surface area contributed by atoms with Gasteiger partial charge in [0, 0.05) is 87.1 Å². The van der Waals surface area contributed by atoms with Crippen LogP contribution in [0.25, 0.3) is 44.3 Å². The van der Waals surface area contributed by atoms with Gasteiger partial charge in [0.25, 0.3) is 0 Å². The number of hydrogen-bond acceptors (Lipinski definition) is 12. The number of phenols is 2. The summed E-state index contributed by atoms with van der Waals surface area (Å²) in [6, 6.07) is 19.2. The van der Waals surface area contributed by atoms with Crippen LogP contribution in [-0.4, -0.2) is 88.9 Å². The van der Waals surface area contributed by atoms with Crippen molar-refractivity contribution in [1.82, 2.24) is 41.0 Å². The summed E-state index contributed by atoms with van der Waals surface area (Å²) in [6.45, 7) is 18.0. The summed E-state index contributed by atoms with van der Waals surface area (Å²) < 4.78 is 0.874. The molecule has 0 atom stereocenters. The Morgan fingerprint density at radius 3 is 1.38 bits per heavy atom. The van der Waals surface area contributed by atoms with Crippen molar-refractivity contribution in [2.75, 3.05) is 23.9 Å². The predicted molar refractivity (Wildman–Crippen MR) is 247 cm³/mol. The van der Waals surface area contributed by atoms with Gasteiger partial charge in [-0.1, -0.05) is 11.6 Å². The molecule has 0 aliphatic carbocycles. The topological polar surface area (TPSA) is 148 Å². The van der Waals surface area contributed by atoms with E-state index in [9.17, 15) is 10.2 Å². The molecule has 0 amide bonds. The molecule has 2 saturated heterocycles. The fraction of sp³-hybridized carbons (Fsp3) is 0.435. The lowest BCUT2D eigenvalue weighted by Gasteiger charge is -2.49. The quantitative estimate of drug-likeness (QED) is 0.126. The SMILES string of the molecule is CN(c1ccc(-c2cc3ncc(Br)cc3cc2O)nn1)C1CC(C)(C)NC(C)(C)C1.CN(c1ccc(-c2cc3ncc(Cl)cc3cc2O)nn1)C1CC(C)(C)NC(C)(C)C1. The second-order valence-corrected chi connectivity index (χ2v) is 20.5. The highest BCUT2D eigenvalue weighted by molar-refractivity contribution is 9.10. The number of piperidine rings is 2. The summed E-state index contributed by atoms with van der Waals surface area (Å²) in [5.74, 6) is 1.95. The number of aromatic hydroxyl groups is 2. The first kappa shape index (κ1) is 43.4. The molecule has 4 aromatic heterocycles. The molecule has 0 unspecified atom stereocenters. The zero-order valence-electron chi connectivity index (χ0n) is 36.1. The lowest BCUT2D eigenvalue weighted by molar-refractivity contribution is 0.160. The molecule has 2 aliphatic heterocycles. The van der Waals surface area contributed by atoms with Gasteiger partial charge in [0.1, 0.15) is 11.5 Å². The van der Waals surface area contributed by atoms with E-state index in [1.165, 1.54) is 0 Å². The number of benzene rings is 2. The fourth-order valence-corrected chi connectivity index (χ4v) is 9.97. The largest absolute Gasteiger partial charge is 0.507 e. The van der Waals surface area contributed by atoms with E-state index in [4.69, 9.17) is 11.6 Å². The predicted octanol–water partition coefficient (Wildman–Crippen LogP) is 9.70. The molecule has 6 heterocycles. The molecule has 8 rings (SSSR count). The van der Waals surface area contributed by atoms with Crippen molar-refractivity contribution in [3.63, 3.8) is 0 Å². The molecular formula is C46H56BrClN10O2. The van der Waals surface area contributed by atoms with Crippen molar-refractivity contribution in [1.29, 1.82) is 0 Å². The lowest BCUT2D eigenvalue weighted by Crippen LogP contribution is -2.62. The van der Waals surface area contributed by atoms with E-state index in [0.717, 1.165) is 63.6 Å². The molecule has 6 aromatic rings. The summed E-state index contributed by atoms with van der Waals surface area (Å²) in [7, 11) is 4.16. The number of hydrogen-bond donors (Lipinski definition) is 4. The van der Waals surface area contributed by atoms with Gasteiger partial charge in [-0.3, -0.25) is 9.97 Å². The number of rotatable bonds is 6. The van der Waals surface area contributed by atoms with Crippen LogP contribution in [0.15, 0.2) is 77.5 Å². The average molecular weight is 896 g/mol. The highest BCUT2D eigenvalue weighted by Gasteiger charge is 2.40. The van der Waals surface area contributed by atoms with Gasteiger partial charge in [-0.05, 0) is 158 Å². The number of nitrogens with zero attached hydrogens (tertiary/aromatic N) is 8. The van der Waals surface area contributed by atoms with Gasteiger partial charge in [-0.2, -0.15) is 0 Å². The Bertz CT molecular complexity index is 2310. The summed E-state index contributed by atoms with van der Waals surface area (Å²) >= 11 is 9.41. The summed E-state index contributed by atoms with van der Waals surface area (Å²) in [5.41, 5.74) is 4.24. The van der Waals surface area contributed by atoms with E-state index in [1.54, 1.807) is 30.6 Å². The van der Waals surface area contributed by atoms with Crippen molar-refractivity contribution in [3.8, 4) is 34.0 Å². The first-order chi connectivity index (χ1) is 28.1. The molecule has 316 valence electrons. The van der Waals surface area contributed by atoms with Crippen LogP contribution < -0.4 is 20.4 Å². The number of aromatic nitrogens is 6. The average Bonchev–Trinajstić information content (AvgIpc) is 3.15. The van der Waals surface area contributed by atoms with Gasteiger partial charge >= 0.3 is 0 Å².